The summed E-state index contributed by atoms with van der Waals surface area (Å²) in [5.74, 6) is 1.42. The van der Waals surface area contributed by atoms with Crippen molar-refractivity contribution in [3.8, 4) is 0 Å². The fraction of sp³-hybridized carbons (Fsp3) is 0.750. The molecule has 0 aliphatic rings. The molecule has 0 aromatic heterocycles. The predicted octanol–water partition coefficient (Wildman–Crippen LogP) is 1.62. The molecule has 29 valence electrons. The van der Waals surface area contributed by atoms with E-state index in [1.807, 2.05) is 0 Å². The van der Waals surface area contributed by atoms with E-state index in [9.17, 15) is 0 Å². The van der Waals surface area contributed by atoms with Crippen LogP contribution in [0.2, 0.25) is 0 Å². The fourth-order valence-corrected chi connectivity index (χ4v) is 0. The molecule has 1 heteroatoms. The molecule has 0 aromatic rings. The van der Waals surface area contributed by atoms with Gasteiger partial charge in [-0.05, 0) is 5.92 Å². The van der Waals surface area contributed by atoms with E-state index < -0.39 is 0 Å². The third-order valence-corrected chi connectivity index (χ3v) is 0. The van der Waals surface area contributed by atoms with Crippen molar-refractivity contribution in [3.63, 3.8) is 0 Å². The van der Waals surface area contributed by atoms with Crippen LogP contribution < -0.4 is 0 Å². The van der Waals surface area contributed by atoms with Crippen LogP contribution in [0.15, 0.2) is 0 Å². The Balaban J connectivity index is 0. The second-order valence-electron chi connectivity index (χ2n) is 1.50. The molecule has 0 spiro atoms. The van der Waals surface area contributed by atoms with Crippen molar-refractivity contribution >= 4 is 0 Å². The summed E-state index contributed by atoms with van der Waals surface area (Å²) in [6.45, 7) is 6.25. The molecular weight excluding hydrogens is 139 g/mol. The molecule has 0 atom stereocenters. The average Bonchev–Trinajstić information content (AvgIpc) is 0.811. The van der Waals surface area contributed by atoms with Gasteiger partial charge < -0.3 is 0 Å². The van der Waals surface area contributed by atoms with E-state index >= 15 is 0 Å². The fourth-order valence-electron chi connectivity index (χ4n) is 0. The molecule has 0 aromatic carbocycles. The van der Waals surface area contributed by atoms with Crippen LogP contribution in [0.1, 0.15) is 20.8 Å². The van der Waals surface area contributed by atoms with Crippen molar-refractivity contribution in [2.45, 2.75) is 20.8 Å². The molecule has 0 heterocycles. The van der Waals surface area contributed by atoms with Gasteiger partial charge in [0.05, 0.1) is 0 Å². The third-order valence-electron chi connectivity index (χ3n) is 0. The second kappa shape index (κ2) is 4.88. The van der Waals surface area contributed by atoms with E-state index in [-0.39, 0.29) is 26.2 Å². The topological polar surface area (TPSA) is 0 Å². The molecular formula is C4H9Zr. The molecule has 0 unspecified atom stereocenters. The number of hydrogen-bond donors (Lipinski definition) is 0. The zero-order valence-corrected chi connectivity index (χ0v) is 6.46. The first-order valence-corrected chi connectivity index (χ1v) is 1.50. The summed E-state index contributed by atoms with van der Waals surface area (Å²) >= 11 is 0. The van der Waals surface area contributed by atoms with Crippen LogP contribution in [0, 0.1) is 5.92 Å². The van der Waals surface area contributed by atoms with Gasteiger partial charge in [0.15, 0.2) is 0 Å². The Morgan fingerprint density at radius 1 is 1.00 bits per heavy atom. The van der Waals surface area contributed by atoms with Crippen molar-refractivity contribution in [1.29, 1.82) is 0 Å². The zero-order chi connectivity index (χ0) is 3.58. The van der Waals surface area contributed by atoms with Gasteiger partial charge in [0.25, 0.3) is 0 Å². The monoisotopic (exact) mass is 147 g/mol. The summed E-state index contributed by atoms with van der Waals surface area (Å²) in [6, 6.07) is 0. The van der Waals surface area contributed by atoms with Crippen molar-refractivity contribution in [2.24, 2.45) is 0 Å². The van der Waals surface area contributed by atoms with Crippen molar-refractivity contribution in [1.82, 2.24) is 0 Å². The van der Waals surface area contributed by atoms with E-state index in [2.05, 4.69) is 20.8 Å². The molecule has 0 saturated heterocycles. The maximum atomic E-state index is 2.08. The quantitative estimate of drug-likeness (QED) is 0.490. The summed E-state index contributed by atoms with van der Waals surface area (Å²) in [7, 11) is 0. The van der Waals surface area contributed by atoms with Crippen LogP contribution in [0.3, 0.4) is 0 Å². The molecule has 1 radical (unpaired) electrons. The number of hydrogen-bond acceptors (Lipinski definition) is 0. The normalized spacial score (nSPS) is 7.20. The minimum Gasteiger partial charge on any atom is -0.0597 e. The Kier molecular flexibility index (Phi) is 9.09. The van der Waals surface area contributed by atoms with E-state index in [1.54, 1.807) is 0 Å². The van der Waals surface area contributed by atoms with Gasteiger partial charge in [0.1, 0.15) is 0 Å². The second-order valence-corrected chi connectivity index (χ2v) is 1.50. The van der Waals surface area contributed by atoms with E-state index in [0.717, 1.165) is 0 Å². The molecule has 0 fully saturated rings. The first kappa shape index (κ1) is 9.30. The third kappa shape index (κ3) is 52.0. The van der Waals surface area contributed by atoms with Gasteiger partial charge in [0.2, 0.25) is 0 Å². The maximum absolute atomic E-state index is 2.08. The van der Waals surface area contributed by atoms with Gasteiger partial charge >= 0.3 is 0 Å². The Labute approximate surface area is 53.1 Å². The summed E-state index contributed by atoms with van der Waals surface area (Å²) in [4.78, 5) is 0. The molecule has 0 N–H and O–H groups in total. The maximum Gasteiger partial charge on any atom is 0 e. The predicted molar refractivity (Wildman–Crippen MR) is 20.3 cm³/mol. The molecule has 0 rings (SSSR count). The Bertz CT molecular complexity index is 8.36. The molecule has 0 bridgehead atoms. The van der Waals surface area contributed by atoms with Gasteiger partial charge in [-0.3, -0.25) is 0 Å². The molecule has 0 amide bonds. The standard InChI is InChI=1S/C4H9.Zr/c1-4(2)3;/h1-3H3;. The molecule has 0 nitrogen and oxygen atoms in total. The van der Waals surface area contributed by atoms with Crippen LogP contribution in [0.5, 0.6) is 0 Å². The number of rotatable bonds is 0. The zero-order valence-electron chi connectivity index (χ0n) is 4.00. The SMILES string of the molecule is C[C](C)C.[Zr]. The van der Waals surface area contributed by atoms with Crippen LogP contribution in [0.25, 0.3) is 0 Å². The smallest absolute Gasteiger partial charge is 0 e. The minimum absolute atomic E-state index is 0. The van der Waals surface area contributed by atoms with Crippen LogP contribution in [-0.4, -0.2) is 0 Å². The van der Waals surface area contributed by atoms with Crippen molar-refractivity contribution in [2.75, 3.05) is 0 Å². The van der Waals surface area contributed by atoms with E-state index in [4.69, 9.17) is 0 Å². The largest absolute Gasteiger partial charge is 0.0597 e. The van der Waals surface area contributed by atoms with E-state index in [0.29, 0.717) is 0 Å². The summed E-state index contributed by atoms with van der Waals surface area (Å²) < 4.78 is 0. The first-order chi connectivity index (χ1) is 1.73. The molecule has 5 heavy (non-hydrogen) atoms. The molecule has 0 saturated carbocycles. The van der Waals surface area contributed by atoms with Gasteiger partial charge in [-0.15, -0.1) is 0 Å². The summed E-state index contributed by atoms with van der Waals surface area (Å²) in [5, 5.41) is 0. The molecule has 0 aliphatic heterocycles. The van der Waals surface area contributed by atoms with Crippen LogP contribution >= 0.6 is 0 Å². The minimum atomic E-state index is 0. The summed E-state index contributed by atoms with van der Waals surface area (Å²) in [6.07, 6.45) is 0. The van der Waals surface area contributed by atoms with Gasteiger partial charge in [-0.1, -0.05) is 20.8 Å². The molecule has 0 aliphatic carbocycles. The summed E-state index contributed by atoms with van der Waals surface area (Å²) in [5.41, 5.74) is 0. The van der Waals surface area contributed by atoms with Gasteiger partial charge in [-0.2, -0.15) is 0 Å². The van der Waals surface area contributed by atoms with Gasteiger partial charge in [-0.25, -0.2) is 0 Å². The first-order valence-electron chi connectivity index (χ1n) is 1.50. The Morgan fingerprint density at radius 3 is 1.00 bits per heavy atom. The van der Waals surface area contributed by atoms with Crippen molar-refractivity contribution in [3.05, 3.63) is 5.92 Å². The average molecular weight is 148 g/mol. The van der Waals surface area contributed by atoms with Gasteiger partial charge in [0, 0.05) is 26.2 Å². The Morgan fingerprint density at radius 2 is 1.00 bits per heavy atom. The van der Waals surface area contributed by atoms with Crippen molar-refractivity contribution < 1.29 is 26.2 Å². The van der Waals surface area contributed by atoms with E-state index in [1.165, 1.54) is 5.92 Å². The van der Waals surface area contributed by atoms with Crippen LogP contribution in [-0.2, 0) is 26.2 Å². The Hall–Kier alpha value is 0.883. The van der Waals surface area contributed by atoms with Crippen LogP contribution in [0.4, 0.5) is 0 Å².